The maximum absolute atomic E-state index is 12.0. The molecule has 0 saturated carbocycles. The van der Waals surface area contributed by atoms with Crippen LogP contribution in [-0.2, 0) is 0 Å². The standard InChI is InChI=1S/C17H17N3O4/c1-12(2)24-16-9-5-14(6-10-16)17(21)19-18-11-13-3-7-15(8-4-13)20(22)23/h3-12H,1-2H3,(H,19,21). The molecular weight excluding hydrogens is 310 g/mol. The average molecular weight is 327 g/mol. The molecule has 1 amide bonds. The van der Waals surface area contributed by atoms with Crippen LogP contribution in [0.5, 0.6) is 5.75 Å². The number of amides is 1. The first-order valence-corrected chi connectivity index (χ1v) is 7.30. The summed E-state index contributed by atoms with van der Waals surface area (Å²) in [5.41, 5.74) is 3.49. The minimum Gasteiger partial charge on any atom is -0.491 e. The third-order valence-corrected chi connectivity index (χ3v) is 2.97. The van der Waals surface area contributed by atoms with E-state index in [2.05, 4.69) is 10.5 Å². The van der Waals surface area contributed by atoms with Gasteiger partial charge in [-0.3, -0.25) is 14.9 Å². The Bertz CT molecular complexity index is 737. The van der Waals surface area contributed by atoms with Crippen molar-refractivity contribution in [3.8, 4) is 5.75 Å². The van der Waals surface area contributed by atoms with Crippen LogP contribution >= 0.6 is 0 Å². The molecular formula is C17H17N3O4. The molecule has 1 N–H and O–H groups in total. The molecule has 0 bridgehead atoms. The van der Waals surface area contributed by atoms with Crippen LogP contribution in [0, 0.1) is 10.1 Å². The largest absolute Gasteiger partial charge is 0.491 e. The molecule has 2 aromatic rings. The number of carbonyl (C=O) groups excluding carboxylic acids is 1. The maximum Gasteiger partial charge on any atom is 0.271 e. The number of nitrogens with one attached hydrogen (secondary N) is 1. The summed E-state index contributed by atoms with van der Waals surface area (Å²) < 4.78 is 5.51. The van der Waals surface area contributed by atoms with Crippen molar-refractivity contribution in [3.63, 3.8) is 0 Å². The molecule has 0 atom stereocenters. The van der Waals surface area contributed by atoms with Crippen molar-refractivity contribution in [2.45, 2.75) is 20.0 Å². The zero-order chi connectivity index (χ0) is 17.5. The molecule has 0 aliphatic heterocycles. The number of carbonyl (C=O) groups is 1. The molecule has 0 saturated heterocycles. The lowest BCUT2D eigenvalue weighted by Crippen LogP contribution is -2.17. The van der Waals surface area contributed by atoms with Crippen LogP contribution in [0.25, 0.3) is 0 Å². The van der Waals surface area contributed by atoms with E-state index in [1.165, 1.54) is 18.3 Å². The Labute approximate surface area is 139 Å². The fourth-order valence-corrected chi connectivity index (χ4v) is 1.87. The number of nitrogens with zero attached hydrogens (tertiary/aromatic N) is 2. The van der Waals surface area contributed by atoms with Gasteiger partial charge in [-0.05, 0) is 55.8 Å². The fraction of sp³-hybridized carbons (Fsp3) is 0.176. The molecule has 24 heavy (non-hydrogen) atoms. The van der Waals surface area contributed by atoms with Gasteiger partial charge in [-0.1, -0.05) is 0 Å². The molecule has 0 spiro atoms. The van der Waals surface area contributed by atoms with Gasteiger partial charge in [0.05, 0.1) is 17.2 Å². The number of benzene rings is 2. The van der Waals surface area contributed by atoms with E-state index in [4.69, 9.17) is 4.74 Å². The van der Waals surface area contributed by atoms with Crippen LogP contribution < -0.4 is 10.2 Å². The molecule has 124 valence electrons. The van der Waals surface area contributed by atoms with Gasteiger partial charge >= 0.3 is 0 Å². The average Bonchev–Trinajstić information content (AvgIpc) is 2.55. The van der Waals surface area contributed by atoms with E-state index in [1.54, 1.807) is 36.4 Å². The molecule has 2 aromatic carbocycles. The highest BCUT2D eigenvalue weighted by molar-refractivity contribution is 5.95. The lowest BCUT2D eigenvalue weighted by molar-refractivity contribution is -0.384. The van der Waals surface area contributed by atoms with E-state index in [0.717, 1.165) is 0 Å². The van der Waals surface area contributed by atoms with E-state index < -0.39 is 4.92 Å². The summed E-state index contributed by atoms with van der Waals surface area (Å²) in [5.74, 6) is 0.334. The molecule has 0 aromatic heterocycles. The number of nitro benzene ring substituents is 1. The summed E-state index contributed by atoms with van der Waals surface area (Å²) in [5, 5.41) is 14.4. The summed E-state index contributed by atoms with van der Waals surface area (Å²) in [6.45, 7) is 3.85. The number of nitro groups is 1. The first kappa shape index (κ1) is 17.1. The second kappa shape index (κ2) is 7.87. The van der Waals surface area contributed by atoms with Gasteiger partial charge in [0, 0.05) is 17.7 Å². The van der Waals surface area contributed by atoms with Gasteiger partial charge in [0.25, 0.3) is 11.6 Å². The minimum atomic E-state index is -0.477. The number of ether oxygens (including phenoxy) is 1. The molecule has 0 heterocycles. The van der Waals surface area contributed by atoms with E-state index in [0.29, 0.717) is 16.9 Å². The lowest BCUT2D eigenvalue weighted by atomic mass is 10.2. The number of hydrogen-bond donors (Lipinski definition) is 1. The fourth-order valence-electron chi connectivity index (χ4n) is 1.87. The van der Waals surface area contributed by atoms with E-state index >= 15 is 0 Å². The van der Waals surface area contributed by atoms with Crippen molar-refractivity contribution < 1.29 is 14.5 Å². The third-order valence-electron chi connectivity index (χ3n) is 2.97. The van der Waals surface area contributed by atoms with Crippen molar-refractivity contribution in [2.24, 2.45) is 5.10 Å². The Hall–Kier alpha value is -3.22. The predicted molar refractivity (Wildman–Crippen MR) is 90.4 cm³/mol. The monoisotopic (exact) mass is 327 g/mol. The zero-order valence-electron chi connectivity index (χ0n) is 13.3. The summed E-state index contributed by atoms with van der Waals surface area (Å²) in [4.78, 5) is 22.0. The van der Waals surface area contributed by atoms with Crippen LogP contribution in [0.4, 0.5) is 5.69 Å². The third kappa shape index (κ3) is 4.91. The van der Waals surface area contributed by atoms with Crippen LogP contribution in [-0.4, -0.2) is 23.1 Å². The number of rotatable bonds is 6. The molecule has 0 radical (unpaired) electrons. The Morgan fingerprint density at radius 2 is 1.79 bits per heavy atom. The van der Waals surface area contributed by atoms with Crippen molar-refractivity contribution in [3.05, 3.63) is 69.8 Å². The van der Waals surface area contributed by atoms with Crippen molar-refractivity contribution in [2.75, 3.05) is 0 Å². The number of non-ortho nitro benzene ring substituents is 1. The lowest BCUT2D eigenvalue weighted by Gasteiger charge is -2.09. The van der Waals surface area contributed by atoms with Crippen LogP contribution in [0.2, 0.25) is 0 Å². The summed E-state index contributed by atoms with van der Waals surface area (Å²) in [6.07, 6.45) is 1.48. The SMILES string of the molecule is CC(C)Oc1ccc(C(=O)NN=Cc2ccc([N+](=O)[O-])cc2)cc1. The predicted octanol–water partition coefficient (Wildman–Crippen LogP) is 3.15. The Balaban J connectivity index is 1.93. The van der Waals surface area contributed by atoms with Gasteiger partial charge < -0.3 is 4.74 Å². The van der Waals surface area contributed by atoms with E-state index in [-0.39, 0.29) is 17.7 Å². The molecule has 7 nitrogen and oxygen atoms in total. The second-order valence-corrected chi connectivity index (χ2v) is 5.24. The highest BCUT2D eigenvalue weighted by atomic mass is 16.6. The summed E-state index contributed by atoms with van der Waals surface area (Å²) in [6, 6.07) is 12.6. The van der Waals surface area contributed by atoms with E-state index in [1.807, 2.05) is 13.8 Å². The summed E-state index contributed by atoms with van der Waals surface area (Å²) >= 11 is 0. The maximum atomic E-state index is 12.0. The van der Waals surface area contributed by atoms with Crippen LogP contribution in [0.1, 0.15) is 29.8 Å². The van der Waals surface area contributed by atoms with Crippen LogP contribution in [0.15, 0.2) is 53.6 Å². The van der Waals surface area contributed by atoms with Gasteiger partial charge in [-0.2, -0.15) is 5.10 Å². The first-order valence-electron chi connectivity index (χ1n) is 7.30. The van der Waals surface area contributed by atoms with Gasteiger partial charge in [0.15, 0.2) is 0 Å². The van der Waals surface area contributed by atoms with E-state index in [9.17, 15) is 14.9 Å². The van der Waals surface area contributed by atoms with Crippen molar-refractivity contribution in [1.82, 2.24) is 5.43 Å². The van der Waals surface area contributed by atoms with Gasteiger partial charge in [-0.25, -0.2) is 5.43 Å². The topological polar surface area (TPSA) is 93.8 Å². The van der Waals surface area contributed by atoms with Crippen LogP contribution in [0.3, 0.4) is 0 Å². The minimum absolute atomic E-state index is 0.000100. The zero-order valence-corrected chi connectivity index (χ0v) is 13.3. The highest BCUT2D eigenvalue weighted by Gasteiger charge is 2.05. The van der Waals surface area contributed by atoms with Crippen molar-refractivity contribution >= 4 is 17.8 Å². The molecule has 0 aliphatic rings. The molecule has 2 rings (SSSR count). The molecule has 0 aliphatic carbocycles. The Morgan fingerprint density at radius 3 is 2.33 bits per heavy atom. The molecule has 7 heteroatoms. The smallest absolute Gasteiger partial charge is 0.271 e. The molecule has 0 fully saturated rings. The number of hydrazone groups is 1. The Kier molecular flexibility index (Phi) is 5.62. The normalized spacial score (nSPS) is 10.8. The van der Waals surface area contributed by atoms with Gasteiger partial charge in [0.2, 0.25) is 0 Å². The van der Waals surface area contributed by atoms with Gasteiger partial charge in [-0.15, -0.1) is 0 Å². The molecule has 0 unspecified atom stereocenters. The second-order valence-electron chi connectivity index (χ2n) is 5.24. The summed E-state index contributed by atoms with van der Waals surface area (Å²) in [7, 11) is 0. The quantitative estimate of drug-likeness (QED) is 0.501. The van der Waals surface area contributed by atoms with Gasteiger partial charge in [0.1, 0.15) is 5.75 Å². The Morgan fingerprint density at radius 1 is 1.17 bits per heavy atom. The first-order chi connectivity index (χ1) is 11.5. The van der Waals surface area contributed by atoms with Crippen molar-refractivity contribution in [1.29, 1.82) is 0 Å². The number of hydrogen-bond acceptors (Lipinski definition) is 5. The highest BCUT2D eigenvalue weighted by Crippen LogP contribution is 2.14.